The standard InChI is InChI=1S/C14H10N4/c1-2-4-9(5-3-1)14-16-12-6-10-8-15-18-11(10)7-13(12)17-14/h1-8,15,18H. The normalized spacial score (nSPS) is 11.3. The molecule has 2 heterocycles. The Morgan fingerprint density at radius 2 is 1.67 bits per heavy atom. The molecule has 0 aliphatic heterocycles. The molecule has 2 aromatic carbocycles. The summed E-state index contributed by atoms with van der Waals surface area (Å²) in [4.78, 5) is 9.14. The van der Waals surface area contributed by atoms with E-state index in [9.17, 15) is 0 Å². The number of fused-ring (bicyclic) bond motifs is 2. The van der Waals surface area contributed by atoms with Crippen LogP contribution in [0.15, 0.2) is 48.7 Å². The lowest BCUT2D eigenvalue weighted by Gasteiger charge is -1.91. The molecular weight excluding hydrogens is 224 g/mol. The number of hydrogen-bond acceptors (Lipinski definition) is 2. The van der Waals surface area contributed by atoms with Crippen molar-refractivity contribution >= 4 is 21.9 Å². The van der Waals surface area contributed by atoms with Crippen molar-refractivity contribution in [1.29, 1.82) is 0 Å². The van der Waals surface area contributed by atoms with E-state index in [1.807, 2.05) is 48.7 Å². The van der Waals surface area contributed by atoms with Crippen molar-refractivity contribution in [2.24, 2.45) is 0 Å². The summed E-state index contributed by atoms with van der Waals surface area (Å²) in [5.41, 5.74) is 3.93. The molecule has 0 fully saturated rings. The van der Waals surface area contributed by atoms with Gasteiger partial charge < -0.3 is 10.2 Å². The minimum Gasteiger partial charge on any atom is -0.307 e. The van der Waals surface area contributed by atoms with Crippen LogP contribution in [-0.4, -0.2) is 20.2 Å². The molecule has 86 valence electrons. The molecule has 0 aliphatic rings. The van der Waals surface area contributed by atoms with Crippen molar-refractivity contribution < 1.29 is 0 Å². The Hall–Kier alpha value is -2.62. The number of aromatic nitrogens is 4. The summed E-state index contributed by atoms with van der Waals surface area (Å²) in [5, 5.41) is 7.15. The quantitative estimate of drug-likeness (QED) is 0.531. The minimum absolute atomic E-state index is 0.780. The van der Waals surface area contributed by atoms with E-state index in [2.05, 4.69) is 20.2 Å². The van der Waals surface area contributed by atoms with Gasteiger partial charge in [-0.1, -0.05) is 30.3 Å². The summed E-state index contributed by atoms with van der Waals surface area (Å²) in [5.74, 6) is 0.780. The molecule has 0 bridgehead atoms. The summed E-state index contributed by atoms with van der Waals surface area (Å²) in [6.07, 6.45) is 1.92. The molecule has 0 saturated heterocycles. The van der Waals surface area contributed by atoms with Crippen LogP contribution in [0.5, 0.6) is 0 Å². The second-order valence-corrected chi connectivity index (χ2v) is 4.26. The maximum Gasteiger partial charge on any atom is 0.160 e. The van der Waals surface area contributed by atoms with E-state index < -0.39 is 0 Å². The fourth-order valence-electron chi connectivity index (χ4n) is 2.16. The zero-order valence-corrected chi connectivity index (χ0v) is 9.51. The van der Waals surface area contributed by atoms with Gasteiger partial charge in [0, 0.05) is 17.1 Å². The van der Waals surface area contributed by atoms with Gasteiger partial charge in [-0.05, 0) is 12.1 Å². The van der Waals surface area contributed by atoms with E-state index >= 15 is 0 Å². The Morgan fingerprint density at radius 1 is 0.889 bits per heavy atom. The van der Waals surface area contributed by atoms with Crippen molar-refractivity contribution in [3.8, 4) is 11.4 Å². The Kier molecular flexibility index (Phi) is 1.80. The van der Waals surface area contributed by atoms with Crippen molar-refractivity contribution in [2.45, 2.75) is 0 Å². The fraction of sp³-hybridized carbons (Fsp3) is 0. The van der Waals surface area contributed by atoms with E-state index in [4.69, 9.17) is 0 Å². The van der Waals surface area contributed by atoms with Gasteiger partial charge in [-0.2, -0.15) is 0 Å². The molecule has 2 N–H and O–H groups in total. The van der Waals surface area contributed by atoms with E-state index in [1.54, 1.807) is 0 Å². The van der Waals surface area contributed by atoms with Crippen LogP contribution < -0.4 is 0 Å². The fourth-order valence-corrected chi connectivity index (χ4v) is 2.16. The Bertz CT molecular complexity index is 779. The van der Waals surface area contributed by atoms with Crippen LogP contribution in [0.25, 0.3) is 33.3 Å². The highest BCUT2D eigenvalue weighted by Crippen LogP contribution is 2.23. The second kappa shape index (κ2) is 3.43. The zero-order chi connectivity index (χ0) is 11.9. The first-order chi connectivity index (χ1) is 8.90. The predicted octanol–water partition coefficient (Wildman–Crippen LogP) is 3.11. The molecule has 0 amide bonds. The van der Waals surface area contributed by atoms with Gasteiger partial charge in [0.25, 0.3) is 0 Å². The summed E-state index contributed by atoms with van der Waals surface area (Å²) in [7, 11) is 0. The summed E-state index contributed by atoms with van der Waals surface area (Å²) >= 11 is 0. The highest BCUT2D eigenvalue weighted by atomic mass is 15.1. The second-order valence-electron chi connectivity index (χ2n) is 4.26. The number of aromatic amines is 2. The van der Waals surface area contributed by atoms with E-state index in [1.165, 1.54) is 0 Å². The smallest absolute Gasteiger partial charge is 0.160 e. The molecule has 4 rings (SSSR count). The van der Waals surface area contributed by atoms with Crippen molar-refractivity contribution in [1.82, 2.24) is 20.2 Å². The van der Waals surface area contributed by atoms with Crippen LogP contribution >= 0.6 is 0 Å². The Balaban J connectivity index is 1.98. The molecule has 4 heteroatoms. The lowest BCUT2D eigenvalue weighted by molar-refractivity contribution is 1.12. The largest absolute Gasteiger partial charge is 0.307 e. The average Bonchev–Trinajstić information content (AvgIpc) is 3.01. The molecule has 0 atom stereocenters. The third kappa shape index (κ3) is 1.32. The van der Waals surface area contributed by atoms with Gasteiger partial charge in [0.15, 0.2) is 5.82 Å². The summed E-state index contributed by atoms with van der Waals surface area (Å²) < 4.78 is 0. The van der Waals surface area contributed by atoms with Crippen LogP contribution in [0.4, 0.5) is 0 Å². The van der Waals surface area contributed by atoms with Gasteiger partial charge in [0.05, 0.1) is 16.6 Å². The molecular formula is C14H10N4. The molecule has 0 unspecified atom stereocenters. The number of nitrogens with one attached hydrogen (secondary N) is 2. The number of rotatable bonds is 1. The van der Waals surface area contributed by atoms with Gasteiger partial charge in [0.2, 0.25) is 0 Å². The maximum absolute atomic E-state index is 4.57. The van der Waals surface area contributed by atoms with Gasteiger partial charge in [-0.3, -0.25) is 0 Å². The molecule has 0 spiro atoms. The first kappa shape index (κ1) is 9.41. The molecule has 0 saturated carbocycles. The molecule has 0 aliphatic carbocycles. The molecule has 4 nitrogen and oxygen atoms in total. The lowest BCUT2D eigenvalue weighted by Crippen LogP contribution is -1.77. The highest BCUT2D eigenvalue weighted by molar-refractivity contribution is 5.93. The molecule has 18 heavy (non-hydrogen) atoms. The number of imidazole rings is 1. The first-order valence-corrected chi connectivity index (χ1v) is 5.79. The Labute approximate surface area is 103 Å². The van der Waals surface area contributed by atoms with Crippen LogP contribution in [-0.2, 0) is 0 Å². The van der Waals surface area contributed by atoms with Crippen LogP contribution in [0.2, 0.25) is 0 Å². The molecule has 4 aromatic rings. The monoisotopic (exact) mass is 234 g/mol. The van der Waals surface area contributed by atoms with Crippen LogP contribution in [0.1, 0.15) is 0 Å². The van der Waals surface area contributed by atoms with Gasteiger partial charge in [0.1, 0.15) is 0 Å². The SMILES string of the molecule is c1ccc(-c2nc3cc4c[nH][nH]c4cc3n2)cc1. The number of hydrogen-bond donors (Lipinski definition) is 2. The summed E-state index contributed by atoms with van der Waals surface area (Å²) in [6.45, 7) is 0. The minimum atomic E-state index is 0.780. The Morgan fingerprint density at radius 3 is 2.50 bits per heavy atom. The van der Waals surface area contributed by atoms with Gasteiger partial charge in [-0.15, -0.1) is 0 Å². The molecule has 0 radical (unpaired) electrons. The van der Waals surface area contributed by atoms with Crippen molar-refractivity contribution in [2.75, 3.05) is 0 Å². The zero-order valence-electron chi connectivity index (χ0n) is 9.51. The van der Waals surface area contributed by atoms with Crippen LogP contribution in [0.3, 0.4) is 0 Å². The number of nitrogens with zero attached hydrogens (tertiary/aromatic N) is 2. The molecule has 2 aromatic heterocycles. The summed E-state index contributed by atoms with van der Waals surface area (Å²) in [6, 6.07) is 14.1. The van der Waals surface area contributed by atoms with E-state index in [0.29, 0.717) is 0 Å². The highest BCUT2D eigenvalue weighted by Gasteiger charge is 2.07. The predicted molar refractivity (Wildman–Crippen MR) is 71.2 cm³/mol. The third-order valence-electron chi connectivity index (χ3n) is 3.07. The lowest BCUT2D eigenvalue weighted by atomic mass is 10.2. The first-order valence-electron chi connectivity index (χ1n) is 5.79. The van der Waals surface area contributed by atoms with E-state index in [0.717, 1.165) is 33.3 Å². The maximum atomic E-state index is 4.57. The van der Waals surface area contributed by atoms with Crippen LogP contribution in [0, 0.1) is 0 Å². The average molecular weight is 234 g/mol. The number of H-pyrrole nitrogens is 2. The van der Waals surface area contributed by atoms with Gasteiger partial charge >= 0.3 is 0 Å². The van der Waals surface area contributed by atoms with Crippen molar-refractivity contribution in [3.63, 3.8) is 0 Å². The number of benzene rings is 2. The third-order valence-corrected chi connectivity index (χ3v) is 3.07. The van der Waals surface area contributed by atoms with Crippen molar-refractivity contribution in [3.05, 3.63) is 48.7 Å². The van der Waals surface area contributed by atoms with Gasteiger partial charge in [-0.25, -0.2) is 9.97 Å². The van der Waals surface area contributed by atoms with E-state index in [-0.39, 0.29) is 0 Å². The topological polar surface area (TPSA) is 57.4 Å².